The van der Waals surface area contributed by atoms with Crippen molar-refractivity contribution in [3.05, 3.63) is 17.8 Å². The molecule has 21 heavy (non-hydrogen) atoms. The molecule has 0 atom stereocenters. The van der Waals surface area contributed by atoms with Gasteiger partial charge in [0.25, 0.3) is 5.91 Å². The number of amides is 2. The van der Waals surface area contributed by atoms with Crippen molar-refractivity contribution < 1.29 is 9.59 Å². The molecule has 1 aromatic rings. The van der Waals surface area contributed by atoms with Gasteiger partial charge in [-0.05, 0) is 31.4 Å². The van der Waals surface area contributed by atoms with Crippen LogP contribution < -0.4 is 10.2 Å². The largest absolute Gasteiger partial charge is 0.355 e. The summed E-state index contributed by atoms with van der Waals surface area (Å²) in [4.78, 5) is 27.3. The quantitative estimate of drug-likeness (QED) is 0.831. The van der Waals surface area contributed by atoms with Gasteiger partial charge < -0.3 is 15.1 Å². The van der Waals surface area contributed by atoms with E-state index in [1.807, 2.05) is 6.07 Å². The minimum Gasteiger partial charge on any atom is -0.355 e. The van der Waals surface area contributed by atoms with E-state index < -0.39 is 0 Å². The third-order valence-corrected chi connectivity index (χ3v) is 3.88. The first-order valence-electron chi connectivity index (χ1n) is 7.39. The van der Waals surface area contributed by atoms with Crippen LogP contribution in [0.3, 0.4) is 0 Å². The molecule has 0 radical (unpaired) electrons. The molecule has 0 saturated carbocycles. The second-order valence-electron chi connectivity index (χ2n) is 5.40. The SMILES string of the molecule is O=C1CN(C(=O)c2ccc(N3CCCCC3)nn2)CCN1. The van der Waals surface area contributed by atoms with E-state index in [0.717, 1.165) is 18.9 Å². The molecule has 0 unspecified atom stereocenters. The molecular formula is C14H19N5O2. The first-order chi connectivity index (χ1) is 10.2. The Bertz CT molecular complexity index is 525. The molecule has 112 valence electrons. The molecular weight excluding hydrogens is 270 g/mol. The van der Waals surface area contributed by atoms with Crippen LogP contribution in [0, 0.1) is 0 Å². The van der Waals surface area contributed by atoms with Crippen molar-refractivity contribution >= 4 is 17.6 Å². The molecule has 2 fully saturated rings. The number of piperidine rings is 1. The van der Waals surface area contributed by atoms with Gasteiger partial charge in [0.1, 0.15) is 0 Å². The maximum atomic E-state index is 12.3. The predicted octanol–water partition coefficient (Wildman–Crippen LogP) is 0.0389. The number of aromatic nitrogens is 2. The van der Waals surface area contributed by atoms with Crippen LogP contribution in [0.1, 0.15) is 29.8 Å². The van der Waals surface area contributed by atoms with Gasteiger partial charge in [0, 0.05) is 26.2 Å². The Hall–Kier alpha value is -2.18. The molecule has 1 N–H and O–H groups in total. The van der Waals surface area contributed by atoms with Crippen LogP contribution in [0.4, 0.5) is 5.82 Å². The highest BCUT2D eigenvalue weighted by Crippen LogP contribution is 2.17. The molecule has 1 aromatic heterocycles. The van der Waals surface area contributed by atoms with Crippen LogP contribution in [-0.4, -0.2) is 59.6 Å². The molecule has 7 heteroatoms. The molecule has 2 amide bonds. The van der Waals surface area contributed by atoms with Crippen LogP contribution in [0.5, 0.6) is 0 Å². The Kier molecular flexibility index (Phi) is 3.98. The molecule has 0 aromatic carbocycles. The number of hydrogen-bond acceptors (Lipinski definition) is 5. The second kappa shape index (κ2) is 6.07. The van der Waals surface area contributed by atoms with E-state index in [4.69, 9.17) is 0 Å². The summed E-state index contributed by atoms with van der Waals surface area (Å²) >= 11 is 0. The lowest BCUT2D eigenvalue weighted by molar-refractivity contribution is -0.123. The fourth-order valence-corrected chi connectivity index (χ4v) is 2.70. The summed E-state index contributed by atoms with van der Waals surface area (Å²) in [6, 6.07) is 3.54. The summed E-state index contributed by atoms with van der Waals surface area (Å²) in [6.07, 6.45) is 3.61. The van der Waals surface area contributed by atoms with Gasteiger partial charge in [-0.1, -0.05) is 0 Å². The van der Waals surface area contributed by atoms with E-state index >= 15 is 0 Å². The van der Waals surface area contributed by atoms with E-state index in [-0.39, 0.29) is 18.4 Å². The summed E-state index contributed by atoms with van der Waals surface area (Å²) in [5.74, 6) is 0.456. The molecule has 3 heterocycles. The summed E-state index contributed by atoms with van der Waals surface area (Å²) in [7, 11) is 0. The van der Waals surface area contributed by atoms with Gasteiger partial charge in [-0.2, -0.15) is 0 Å². The van der Waals surface area contributed by atoms with E-state index in [1.165, 1.54) is 24.2 Å². The average molecular weight is 289 g/mol. The molecule has 3 rings (SSSR count). The van der Waals surface area contributed by atoms with Crippen LogP contribution in [0.2, 0.25) is 0 Å². The summed E-state index contributed by atoms with van der Waals surface area (Å²) in [5, 5.41) is 10.9. The number of carbonyl (C=O) groups excluding carboxylic acids is 2. The lowest BCUT2D eigenvalue weighted by atomic mass is 10.1. The Morgan fingerprint density at radius 1 is 1.10 bits per heavy atom. The highest BCUT2D eigenvalue weighted by atomic mass is 16.2. The molecule has 2 aliphatic rings. The third kappa shape index (κ3) is 3.12. The Balaban J connectivity index is 1.68. The maximum Gasteiger partial charge on any atom is 0.274 e. The zero-order chi connectivity index (χ0) is 14.7. The highest BCUT2D eigenvalue weighted by Gasteiger charge is 2.23. The van der Waals surface area contributed by atoms with Gasteiger partial charge in [0.15, 0.2) is 11.5 Å². The van der Waals surface area contributed by atoms with Crippen molar-refractivity contribution in [2.75, 3.05) is 37.6 Å². The van der Waals surface area contributed by atoms with E-state index in [0.29, 0.717) is 18.8 Å². The maximum absolute atomic E-state index is 12.3. The van der Waals surface area contributed by atoms with Gasteiger partial charge in [-0.3, -0.25) is 9.59 Å². The van der Waals surface area contributed by atoms with Gasteiger partial charge in [0.2, 0.25) is 5.91 Å². The number of rotatable bonds is 2. The monoisotopic (exact) mass is 289 g/mol. The van der Waals surface area contributed by atoms with Crippen molar-refractivity contribution in [1.82, 2.24) is 20.4 Å². The number of anilines is 1. The van der Waals surface area contributed by atoms with Crippen LogP contribution >= 0.6 is 0 Å². The first-order valence-corrected chi connectivity index (χ1v) is 7.39. The van der Waals surface area contributed by atoms with Crippen LogP contribution in [0.25, 0.3) is 0 Å². The zero-order valence-electron chi connectivity index (χ0n) is 11.9. The highest BCUT2D eigenvalue weighted by molar-refractivity contribution is 5.95. The van der Waals surface area contributed by atoms with Crippen molar-refractivity contribution in [3.63, 3.8) is 0 Å². The smallest absolute Gasteiger partial charge is 0.274 e. The normalized spacial score (nSPS) is 19.3. The molecule has 0 spiro atoms. The molecule has 2 saturated heterocycles. The summed E-state index contributed by atoms with van der Waals surface area (Å²) in [6.45, 7) is 3.08. The second-order valence-corrected chi connectivity index (χ2v) is 5.40. The standard InChI is InChI=1S/C14H19N5O2/c20-13-10-19(9-6-15-13)14(21)11-4-5-12(17-16-11)18-7-2-1-3-8-18/h4-5H,1-3,6-10H2,(H,15,20). The minimum absolute atomic E-state index is 0.0917. The number of nitrogens with zero attached hydrogens (tertiary/aromatic N) is 4. The van der Waals surface area contributed by atoms with E-state index in [1.54, 1.807) is 6.07 Å². The van der Waals surface area contributed by atoms with Crippen molar-refractivity contribution in [1.29, 1.82) is 0 Å². The predicted molar refractivity (Wildman–Crippen MR) is 77.0 cm³/mol. The van der Waals surface area contributed by atoms with Crippen LogP contribution in [-0.2, 0) is 4.79 Å². The number of hydrogen-bond donors (Lipinski definition) is 1. The zero-order valence-corrected chi connectivity index (χ0v) is 11.9. The Labute approximate surface area is 123 Å². The minimum atomic E-state index is -0.234. The average Bonchev–Trinajstić information content (AvgIpc) is 2.55. The molecule has 2 aliphatic heterocycles. The number of carbonyl (C=O) groups is 2. The van der Waals surface area contributed by atoms with Gasteiger partial charge in [-0.25, -0.2) is 0 Å². The number of nitrogens with one attached hydrogen (secondary N) is 1. The third-order valence-electron chi connectivity index (χ3n) is 3.88. The lowest BCUT2D eigenvalue weighted by Gasteiger charge is -2.28. The summed E-state index contributed by atoms with van der Waals surface area (Å²) < 4.78 is 0. The molecule has 0 bridgehead atoms. The summed E-state index contributed by atoms with van der Waals surface area (Å²) in [5.41, 5.74) is 0.297. The van der Waals surface area contributed by atoms with Gasteiger partial charge >= 0.3 is 0 Å². The fraction of sp³-hybridized carbons (Fsp3) is 0.571. The number of piperazine rings is 1. The Morgan fingerprint density at radius 3 is 2.57 bits per heavy atom. The fourth-order valence-electron chi connectivity index (χ4n) is 2.70. The topological polar surface area (TPSA) is 78.4 Å². The van der Waals surface area contributed by atoms with Crippen LogP contribution in [0.15, 0.2) is 12.1 Å². The van der Waals surface area contributed by atoms with Gasteiger partial charge in [0.05, 0.1) is 6.54 Å². The van der Waals surface area contributed by atoms with Crippen molar-refractivity contribution in [3.8, 4) is 0 Å². The molecule has 7 nitrogen and oxygen atoms in total. The molecule has 0 aliphatic carbocycles. The Morgan fingerprint density at radius 2 is 1.90 bits per heavy atom. The lowest BCUT2D eigenvalue weighted by Crippen LogP contribution is -2.50. The van der Waals surface area contributed by atoms with Gasteiger partial charge in [-0.15, -0.1) is 10.2 Å². The van der Waals surface area contributed by atoms with Crippen molar-refractivity contribution in [2.24, 2.45) is 0 Å². The first kappa shape index (κ1) is 13.8. The van der Waals surface area contributed by atoms with Crippen molar-refractivity contribution in [2.45, 2.75) is 19.3 Å². The van der Waals surface area contributed by atoms with E-state index in [2.05, 4.69) is 20.4 Å². The van der Waals surface area contributed by atoms with E-state index in [9.17, 15) is 9.59 Å².